The van der Waals surface area contributed by atoms with Crippen LogP contribution >= 0.6 is 0 Å². The Bertz CT molecular complexity index is 252. The summed E-state index contributed by atoms with van der Waals surface area (Å²) in [6.07, 6.45) is 4.06. The van der Waals surface area contributed by atoms with Gasteiger partial charge in [-0.05, 0) is 5.92 Å². The minimum Gasteiger partial charge on any atom is -0.445 e. The third kappa shape index (κ3) is 2.87. The number of hydrogen-bond donors (Lipinski definition) is 0. The lowest BCUT2D eigenvalue weighted by Gasteiger charge is -2.04. The van der Waals surface area contributed by atoms with Crippen LogP contribution in [0.15, 0.2) is 10.6 Å². The molecule has 2 nitrogen and oxygen atoms in total. The summed E-state index contributed by atoms with van der Waals surface area (Å²) in [5.74, 6) is 2.97. The van der Waals surface area contributed by atoms with E-state index in [9.17, 15) is 0 Å². The predicted octanol–water partition coefficient (Wildman–Crippen LogP) is 3.39. The Labute approximate surface area is 80.4 Å². The molecule has 1 atom stereocenters. The molecule has 0 aliphatic heterocycles. The van der Waals surface area contributed by atoms with Crippen LogP contribution in [0.25, 0.3) is 0 Å². The number of hydrogen-bond acceptors (Lipinski definition) is 2. The highest BCUT2D eigenvalue weighted by Crippen LogP contribution is 2.17. The SMILES string of the molecule is CCC(C)Cc1cnc(C(C)C)o1. The molecule has 74 valence electrons. The summed E-state index contributed by atoms with van der Waals surface area (Å²) in [6, 6.07) is 0. The molecular formula is C11H19NO. The van der Waals surface area contributed by atoms with Crippen LogP contribution in [-0.2, 0) is 6.42 Å². The highest BCUT2D eigenvalue weighted by molar-refractivity contribution is 4.97. The van der Waals surface area contributed by atoms with Crippen LogP contribution in [0.4, 0.5) is 0 Å². The van der Waals surface area contributed by atoms with Crippen LogP contribution in [0.3, 0.4) is 0 Å². The molecule has 0 radical (unpaired) electrons. The monoisotopic (exact) mass is 181 g/mol. The Morgan fingerprint density at radius 2 is 2.08 bits per heavy atom. The van der Waals surface area contributed by atoms with Crippen molar-refractivity contribution in [2.75, 3.05) is 0 Å². The fraction of sp³-hybridized carbons (Fsp3) is 0.727. The summed E-state index contributed by atoms with van der Waals surface area (Å²) >= 11 is 0. The van der Waals surface area contributed by atoms with Gasteiger partial charge in [0.05, 0.1) is 6.20 Å². The van der Waals surface area contributed by atoms with Crippen LogP contribution in [0.5, 0.6) is 0 Å². The highest BCUT2D eigenvalue weighted by Gasteiger charge is 2.09. The molecule has 0 aromatic carbocycles. The van der Waals surface area contributed by atoms with Crippen LogP contribution in [-0.4, -0.2) is 4.98 Å². The molecule has 1 heterocycles. The lowest BCUT2D eigenvalue weighted by molar-refractivity contribution is 0.406. The molecule has 1 aromatic heterocycles. The number of rotatable bonds is 4. The van der Waals surface area contributed by atoms with Crippen molar-refractivity contribution in [3.63, 3.8) is 0 Å². The fourth-order valence-corrected chi connectivity index (χ4v) is 1.17. The van der Waals surface area contributed by atoms with Gasteiger partial charge in [0.15, 0.2) is 5.89 Å². The second kappa shape index (κ2) is 4.45. The standard InChI is InChI=1S/C11H19NO/c1-5-9(4)6-10-7-12-11(13-10)8(2)3/h7-9H,5-6H2,1-4H3. The molecule has 1 rings (SSSR count). The predicted molar refractivity (Wildman–Crippen MR) is 53.8 cm³/mol. The summed E-state index contributed by atoms with van der Waals surface area (Å²) in [5.41, 5.74) is 0. The van der Waals surface area contributed by atoms with Crippen molar-refractivity contribution < 1.29 is 4.42 Å². The van der Waals surface area contributed by atoms with E-state index in [1.54, 1.807) is 0 Å². The van der Waals surface area contributed by atoms with Crippen molar-refractivity contribution in [1.29, 1.82) is 0 Å². The van der Waals surface area contributed by atoms with E-state index in [-0.39, 0.29) is 0 Å². The molecule has 1 aromatic rings. The molecule has 0 saturated carbocycles. The Kier molecular flexibility index (Phi) is 3.52. The van der Waals surface area contributed by atoms with Gasteiger partial charge in [0, 0.05) is 12.3 Å². The summed E-state index contributed by atoms with van der Waals surface area (Å²) < 4.78 is 5.61. The summed E-state index contributed by atoms with van der Waals surface area (Å²) in [7, 11) is 0. The van der Waals surface area contributed by atoms with E-state index in [2.05, 4.69) is 32.7 Å². The van der Waals surface area contributed by atoms with Crippen LogP contribution in [0.1, 0.15) is 51.7 Å². The Hall–Kier alpha value is -0.790. The van der Waals surface area contributed by atoms with Crippen molar-refractivity contribution in [2.45, 2.75) is 46.5 Å². The molecule has 13 heavy (non-hydrogen) atoms. The average Bonchev–Trinajstić information content (AvgIpc) is 2.52. The molecule has 0 spiro atoms. The first-order valence-corrected chi connectivity index (χ1v) is 5.08. The van der Waals surface area contributed by atoms with Crippen molar-refractivity contribution in [3.8, 4) is 0 Å². The van der Waals surface area contributed by atoms with Gasteiger partial charge in [-0.1, -0.05) is 34.1 Å². The Morgan fingerprint density at radius 1 is 1.38 bits per heavy atom. The van der Waals surface area contributed by atoms with E-state index >= 15 is 0 Å². The summed E-state index contributed by atoms with van der Waals surface area (Å²) in [4.78, 5) is 4.24. The molecular weight excluding hydrogens is 162 g/mol. The minimum absolute atomic E-state index is 0.394. The van der Waals surface area contributed by atoms with Crippen molar-refractivity contribution >= 4 is 0 Å². The van der Waals surface area contributed by atoms with E-state index in [0.717, 1.165) is 18.1 Å². The van der Waals surface area contributed by atoms with Crippen LogP contribution < -0.4 is 0 Å². The van der Waals surface area contributed by atoms with Gasteiger partial charge in [-0.3, -0.25) is 0 Å². The first-order chi connectivity index (χ1) is 6.13. The summed E-state index contributed by atoms with van der Waals surface area (Å²) in [6.45, 7) is 8.62. The Balaban J connectivity index is 2.58. The smallest absolute Gasteiger partial charge is 0.196 e. The molecule has 0 N–H and O–H groups in total. The van der Waals surface area contributed by atoms with Gasteiger partial charge in [-0.25, -0.2) is 4.98 Å². The van der Waals surface area contributed by atoms with Gasteiger partial charge in [0.1, 0.15) is 5.76 Å². The molecule has 0 aliphatic rings. The van der Waals surface area contributed by atoms with Crippen molar-refractivity contribution in [3.05, 3.63) is 17.8 Å². The zero-order valence-corrected chi connectivity index (χ0v) is 9.00. The fourth-order valence-electron chi connectivity index (χ4n) is 1.17. The zero-order valence-electron chi connectivity index (χ0n) is 9.00. The largest absolute Gasteiger partial charge is 0.445 e. The topological polar surface area (TPSA) is 26.0 Å². The van der Waals surface area contributed by atoms with Gasteiger partial charge in [0.2, 0.25) is 0 Å². The van der Waals surface area contributed by atoms with E-state index in [1.807, 2.05) is 6.20 Å². The minimum atomic E-state index is 0.394. The van der Waals surface area contributed by atoms with Crippen LogP contribution in [0.2, 0.25) is 0 Å². The second-order valence-corrected chi connectivity index (χ2v) is 4.04. The van der Waals surface area contributed by atoms with Gasteiger partial charge >= 0.3 is 0 Å². The highest BCUT2D eigenvalue weighted by atomic mass is 16.4. The average molecular weight is 181 g/mol. The van der Waals surface area contributed by atoms with Crippen LogP contribution in [0, 0.1) is 5.92 Å². The third-order valence-electron chi connectivity index (χ3n) is 2.31. The zero-order chi connectivity index (χ0) is 9.84. The third-order valence-corrected chi connectivity index (χ3v) is 2.31. The quantitative estimate of drug-likeness (QED) is 0.711. The lowest BCUT2D eigenvalue weighted by Crippen LogP contribution is -1.95. The number of nitrogens with zero attached hydrogens (tertiary/aromatic N) is 1. The van der Waals surface area contributed by atoms with Gasteiger partial charge in [-0.15, -0.1) is 0 Å². The molecule has 0 bridgehead atoms. The van der Waals surface area contributed by atoms with E-state index in [0.29, 0.717) is 11.8 Å². The first kappa shape index (κ1) is 10.3. The lowest BCUT2D eigenvalue weighted by atomic mass is 10.0. The maximum absolute atomic E-state index is 5.61. The van der Waals surface area contributed by atoms with Crippen molar-refractivity contribution in [2.24, 2.45) is 5.92 Å². The molecule has 0 amide bonds. The normalized spacial score (nSPS) is 13.6. The Morgan fingerprint density at radius 3 is 2.54 bits per heavy atom. The van der Waals surface area contributed by atoms with E-state index in [4.69, 9.17) is 4.42 Å². The second-order valence-electron chi connectivity index (χ2n) is 4.04. The van der Waals surface area contributed by atoms with E-state index < -0.39 is 0 Å². The summed E-state index contributed by atoms with van der Waals surface area (Å²) in [5, 5.41) is 0. The molecule has 2 heteroatoms. The number of oxazole rings is 1. The maximum Gasteiger partial charge on any atom is 0.196 e. The molecule has 0 aliphatic carbocycles. The van der Waals surface area contributed by atoms with Gasteiger partial charge in [0.25, 0.3) is 0 Å². The van der Waals surface area contributed by atoms with Gasteiger partial charge in [-0.2, -0.15) is 0 Å². The van der Waals surface area contributed by atoms with E-state index in [1.165, 1.54) is 6.42 Å². The number of aromatic nitrogens is 1. The van der Waals surface area contributed by atoms with Crippen molar-refractivity contribution in [1.82, 2.24) is 4.98 Å². The maximum atomic E-state index is 5.61. The molecule has 0 saturated heterocycles. The molecule has 1 unspecified atom stereocenters. The first-order valence-electron chi connectivity index (χ1n) is 5.08. The van der Waals surface area contributed by atoms with Gasteiger partial charge < -0.3 is 4.42 Å². The molecule has 0 fully saturated rings.